The van der Waals surface area contributed by atoms with E-state index >= 15 is 0 Å². The van der Waals surface area contributed by atoms with Crippen LogP contribution in [0, 0.1) is 11.8 Å². The van der Waals surface area contributed by atoms with E-state index in [0.717, 1.165) is 27.3 Å². The van der Waals surface area contributed by atoms with Gasteiger partial charge < -0.3 is 0 Å². The normalized spacial score (nSPS) is 22.8. The molecule has 5 rings (SSSR count). The van der Waals surface area contributed by atoms with Gasteiger partial charge >= 0.3 is 0 Å². The molecule has 0 N–H and O–H groups in total. The Hall–Kier alpha value is -2.83. The van der Waals surface area contributed by atoms with Crippen LogP contribution in [-0.4, -0.2) is 5.91 Å². The maximum atomic E-state index is 13.0. The van der Waals surface area contributed by atoms with Gasteiger partial charge in [0.25, 0.3) is 5.91 Å². The quantitative estimate of drug-likeness (QED) is 0.539. The summed E-state index contributed by atoms with van der Waals surface area (Å²) in [6.45, 7) is 2.15. The van der Waals surface area contributed by atoms with E-state index in [9.17, 15) is 4.79 Å². The number of hydrogen-bond donors (Lipinski definition) is 0. The summed E-state index contributed by atoms with van der Waals surface area (Å²) in [7, 11) is 0. The van der Waals surface area contributed by atoms with E-state index in [0.29, 0.717) is 0 Å². The van der Waals surface area contributed by atoms with Crippen LogP contribution in [0.1, 0.15) is 39.2 Å². The molecule has 0 unspecified atom stereocenters. The maximum Gasteiger partial charge on any atom is 0.269 e. The second-order valence-corrected chi connectivity index (χ2v) is 7.49. The molecule has 0 aliphatic carbocycles. The zero-order valence-electron chi connectivity index (χ0n) is 13.7. The van der Waals surface area contributed by atoms with Crippen molar-refractivity contribution in [2.75, 3.05) is 4.90 Å². The van der Waals surface area contributed by atoms with Crippen LogP contribution in [0.3, 0.4) is 0 Å². The fraction of sp³-hybridized carbons (Fsp3) is 0.136. The largest absolute Gasteiger partial charge is 0.296 e. The molecule has 0 fully saturated rings. The van der Waals surface area contributed by atoms with Gasteiger partial charge in [0.1, 0.15) is 0 Å². The number of nitrogens with zero attached hydrogens (tertiary/aromatic N) is 1. The molecule has 2 aliphatic heterocycles. The molecule has 1 amide bonds. The minimum absolute atomic E-state index is 0.0382. The smallest absolute Gasteiger partial charge is 0.269 e. The predicted octanol–water partition coefficient (Wildman–Crippen LogP) is 4.77. The molecule has 0 saturated carbocycles. The van der Waals surface area contributed by atoms with Crippen molar-refractivity contribution in [2.45, 2.75) is 18.4 Å². The number of carbonyl (C=O) groups is 1. The van der Waals surface area contributed by atoms with E-state index < -0.39 is 5.54 Å². The van der Waals surface area contributed by atoms with Gasteiger partial charge in [-0.2, -0.15) is 0 Å². The molecule has 2 aromatic carbocycles. The second-order valence-electron chi connectivity index (χ2n) is 6.58. The molecule has 2 aliphatic rings. The van der Waals surface area contributed by atoms with Crippen LogP contribution in [0.4, 0.5) is 5.69 Å². The predicted molar refractivity (Wildman–Crippen MR) is 101 cm³/mol. The highest BCUT2D eigenvalue weighted by atomic mass is 32.1. The van der Waals surface area contributed by atoms with Crippen molar-refractivity contribution in [2.24, 2.45) is 0 Å². The highest BCUT2D eigenvalue weighted by Crippen LogP contribution is 2.58. The van der Waals surface area contributed by atoms with Crippen molar-refractivity contribution in [3.8, 4) is 11.8 Å². The molecule has 2 atom stereocenters. The molecule has 120 valence electrons. The van der Waals surface area contributed by atoms with Crippen molar-refractivity contribution >= 4 is 22.9 Å². The fourth-order valence-corrected chi connectivity index (χ4v) is 5.02. The highest BCUT2D eigenvalue weighted by Gasteiger charge is 2.57. The molecular formula is C22H15NOS. The first kappa shape index (κ1) is 14.5. The average molecular weight is 341 g/mol. The molecule has 1 aromatic heterocycles. The molecule has 0 saturated heterocycles. The van der Waals surface area contributed by atoms with Gasteiger partial charge in [-0.05, 0) is 42.1 Å². The van der Waals surface area contributed by atoms with Crippen LogP contribution < -0.4 is 4.90 Å². The number of carbonyl (C=O) groups excluding carboxylic acids is 1. The number of hydrogen-bond acceptors (Lipinski definition) is 2. The molecule has 3 heterocycles. The Morgan fingerprint density at radius 3 is 2.64 bits per heavy atom. The summed E-state index contributed by atoms with van der Waals surface area (Å²) in [4.78, 5) is 15.8. The van der Waals surface area contributed by atoms with Gasteiger partial charge in [-0.15, -0.1) is 11.3 Å². The van der Waals surface area contributed by atoms with Gasteiger partial charge in [-0.25, -0.2) is 0 Å². The van der Waals surface area contributed by atoms with Crippen molar-refractivity contribution in [1.29, 1.82) is 0 Å². The Bertz CT molecular complexity index is 1060. The molecule has 3 aromatic rings. The molecule has 0 spiro atoms. The third kappa shape index (κ3) is 1.83. The summed E-state index contributed by atoms with van der Waals surface area (Å²) >= 11 is 1.53. The van der Waals surface area contributed by atoms with E-state index in [1.165, 1.54) is 11.3 Å². The molecule has 0 radical (unpaired) electrons. The molecule has 25 heavy (non-hydrogen) atoms. The summed E-state index contributed by atoms with van der Waals surface area (Å²) in [5.41, 5.74) is 3.80. The lowest BCUT2D eigenvalue weighted by molar-refractivity contribution is 0.0985. The molecule has 0 bridgehead atoms. The number of thiophene rings is 1. The third-order valence-electron chi connectivity index (χ3n) is 5.26. The molecule has 2 nitrogen and oxygen atoms in total. The van der Waals surface area contributed by atoms with Gasteiger partial charge in [0.05, 0.1) is 16.3 Å². The van der Waals surface area contributed by atoms with Crippen molar-refractivity contribution in [1.82, 2.24) is 0 Å². The Balaban J connectivity index is 1.72. The zero-order chi connectivity index (χ0) is 17.0. The van der Waals surface area contributed by atoms with Crippen LogP contribution in [0.2, 0.25) is 0 Å². The lowest BCUT2D eigenvalue weighted by Crippen LogP contribution is -2.40. The standard InChI is InChI=1S/C22H15NOS/c1-22-17(12-11-15-7-3-2-4-8-15)16-9-5-6-10-19(16)23(22)21(24)20-18(22)13-14-25-20/h2-10,13-14,17H,1H3/t17-,22+/m0/s1. The minimum Gasteiger partial charge on any atom is -0.296 e. The SMILES string of the molecule is C[C@@]12c3ccsc3C(=O)N1c1ccccc1[C@@H]2C#Cc1ccccc1. The maximum absolute atomic E-state index is 13.0. The number of anilines is 1. The van der Waals surface area contributed by atoms with Crippen LogP contribution in [-0.2, 0) is 5.54 Å². The van der Waals surface area contributed by atoms with Gasteiger partial charge in [0, 0.05) is 16.8 Å². The van der Waals surface area contributed by atoms with E-state index in [-0.39, 0.29) is 11.8 Å². The zero-order valence-corrected chi connectivity index (χ0v) is 14.5. The lowest BCUT2D eigenvalue weighted by Gasteiger charge is -2.31. The summed E-state index contributed by atoms with van der Waals surface area (Å²) in [6, 6.07) is 20.3. The second kappa shape index (κ2) is 5.08. The Morgan fingerprint density at radius 2 is 1.80 bits per heavy atom. The lowest BCUT2D eigenvalue weighted by atomic mass is 9.80. The number of para-hydroxylation sites is 1. The van der Waals surface area contributed by atoms with Crippen LogP contribution >= 0.6 is 11.3 Å². The first-order valence-electron chi connectivity index (χ1n) is 8.29. The van der Waals surface area contributed by atoms with Gasteiger partial charge in [-0.3, -0.25) is 9.69 Å². The Labute approximate surface area is 150 Å². The van der Waals surface area contributed by atoms with Crippen molar-refractivity contribution in [3.63, 3.8) is 0 Å². The Morgan fingerprint density at radius 1 is 1.04 bits per heavy atom. The summed E-state index contributed by atoms with van der Waals surface area (Å²) in [5, 5.41) is 2.01. The first-order chi connectivity index (χ1) is 12.2. The van der Waals surface area contributed by atoms with Gasteiger partial charge in [-0.1, -0.05) is 48.2 Å². The van der Waals surface area contributed by atoms with E-state index in [1.54, 1.807) is 0 Å². The van der Waals surface area contributed by atoms with Crippen LogP contribution in [0.15, 0.2) is 66.0 Å². The van der Waals surface area contributed by atoms with E-state index in [2.05, 4.69) is 30.9 Å². The monoisotopic (exact) mass is 341 g/mol. The fourth-order valence-electron chi connectivity index (χ4n) is 4.08. The third-order valence-corrected chi connectivity index (χ3v) is 6.16. The number of fused-ring (bicyclic) bond motifs is 5. The highest BCUT2D eigenvalue weighted by molar-refractivity contribution is 7.12. The van der Waals surface area contributed by atoms with E-state index in [1.807, 2.05) is 58.8 Å². The van der Waals surface area contributed by atoms with Gasteiger partial charge in [0.15, 0.2) is 0 Å². The van der Waals surface area contributed by atoms with Crippen molar-refractivity contribution in [3.05, 3.63) is 87.6 Å². The van der Waals surface area contributed by atoms with E-state index in [4.69, 9.17) is 0 Å². The number of rotatable bonds is 0. The van der Waals surface area contributed by atoms with Crippen molar-refractivity contribution < 1.29 is 4.79 Å². The minimum atomic E-state index is -0.433. The summed E-state index contributed by atoms with van der Waals surface area (Å²) < 4.78 is 0. The van der Waals surface area contributed by atoms with Crippen LogP contribution in [0.25, 0.3) is 0 Å². The number of amides is 1. The van der Waals surface area contributed by atoms with Crippen LogP contribution in [0.5, 0.6) is 0 Å². The Kier molecular flexibility index (Phi) is 2.95. The topological polar surface area (TPSA) is 20.3 Å². The molecular weight excluding hydrogens is 326 g/mol. The average Bonchev–Trinajstić information content (AvgIpc) is 3.27. The summed E-state index contributed by atoms with van der Waals surface area (Å²) in [5.74, 6) is 6.86. The first-order valence-corrected chi connectivity index (χ1v) is 9.17. The molecule has 3 heteroatoms. The van der Waals surface area contributed by atoms with Gasteiger partial charge in [0.2, 0.25) is 0 Å². The number of benzene rings is 2. The summed E-state index contributed by atoms with van der Waals surface area (Å²) in [6.07, 6.45) is 0.